The normalized spacial score (nSPS) is 10.7. The van der Waals surface area contributed by atoms with Crippen LogP contribution in [0.3, 0.4) is 0 Å². The Balaban J connectivity index is 2.02. The van der Waals surface area contributed by atoms with E-state index in [-0.39, 0.29) is 5.91 Å². The summed E-state index contributed by atoms with van der Waals surface area (Å²) in [5.41, 5.74) is 9.68. The van der Waals surface area contributed by atoms with E-state index in [0.717, 1.165) is 0 Å². The van der Waals surface area contributed by atoms with E-state index in [1.807, 2.05) is 0 Å². The molecule has 102 valence electrons. The zero-order chi connectivity index (χ0) is 14.5. The van der Waals surface area contributed by atoms with E-state index in [1.165, 1.54) is 6.21 Å². The van der Waals surface area contributed by atoms with Crippen molar-refractivity contribution in [1.82, 2.24) is 5.43 Å². The van der Waals surface area contributed by atoms with Gasteiger partial charge in [-0.15, -0.1) is 0 Å². The van der Waals surface area contributed by atoms with Gasteiger partial charge in [0.15, 0.2) is 0 Å². The Morgan fingerprint density at radius 1 is 1.15 bits per heavy atom. The van der Waals surface area contributed by atoms with Gasteiger partial charge >= 0.3 is 0 Å². The monoisotopic (exact) mass is 307 g/mol. The molecule has 2 aromatic rings. The molecule has 0 saturated heterocycles. The van der Waals surface area contributed by atoms with Gasteiger partial charge in [-0.3, -0.25) is 4.79 Å². The van der Waals surface area contributed by atoms with Crippen molar-refractivity contribution < 1.29 is 4.79 Å². The van der Waals surface area contributed by atoms with E-state index in [2.05, 4.69) is 10.5 Å². The lowest BCUT2D eigenvalue weighted by molar-refractivity contribution is 0.0955. The molecule has 3 N–H and O–H groups in total. The molecule has 0 aliphatic carbocycles. The molecule has 0 heterocycles. The van der Waals surface area contributed by atoms with E-state index in [0.29, 0.717) is 26.9 Å². The summed E-state index contributed by atoms with van der Waals surface area (Å²) in [6, 6.07) is 11.5. The van der Waals surface area contributed by atoms with Crippen LogP contribution < -0.4 is 11.2 Å². The number of hydrazone groups is 1. The van der Waals surface area contributed by atoms with Gasteiger partial charge < -0.3 is 5.73 Å². The van der Waals surface area contributed by atoms with Crippen molar-refractivity contribution in [2.24, 2.45) is 5.10 Å². The Hall–Kier alpha value is -2.04. The number of nitrogens with one attached hydrogen (secondary N) is 1. The number of amides is 1. The number of carbonyl (C=O) groups is 1. The summed E-state index contributed by atoms with van der Waals surface area (Å²) in [7, 11) is 0. The average molecular weight is 308 g/mol. The molecule has 2 aromatic carbocycles. The standard InChI is InChI=1S/C14H11Cl2N3O/c15-11-4-1-10(13(16)7-11)8-18-19-14(20)9-2-5-12(17)6-3-9/h1-8H,17H2,(H,19,20)/b18-8+. The fourth-order valence-electron chi connectivity index (χ4n) is 1.47. The first kappa shape index (κ1) is 14.4. The van der Waals surface area contributed by atoms with Crippen LogP contribution in [0.5, 0.6) is 0 Å². The number of hydrogen-bond acceptors (Lipinski definition) is 3. The Bertz CT molecular complexity index is 654. The molecule has 0 aliphatic heterocycles. The predicted octanol–water partition coefficient (Wildman–Crippen LogP) is 3.34. The lowest BCUT2D eigenvalue weighted by Gasteiger charge is -2.01. The number of carbonyl (C=O) groups excluding carboxylic acids is 1. The SMILES string of the molecule is Nc1ccc(C(=O)N/N=C/c2ccc(Cl)cc2Cl)cc1. The van der Waals surface area contributed by atoms with Crippen LogP contribution in [-0.4, -0.2) is 12.1 Å². The van der Waals surface area contributed by atoms with Crippen LogP contribution in [0.15, 0.2) is 47.6 Å². The first-order valence-electron chi connectivity index (χ1n) is 5.70. The molecule has 2 rings (SSSR count). The minimum absolute atomic E-state index is 0.327. The molecule has 20 heavy (non-hydrogen) atoms. The van der Waals surface area contributed by atoms with Crippen molar-refractivity contribution in [3.8, 4) is 0 Å². The highest BCUT2D eigenvalue weighted by Gasteiger charge is 2.03. The molecule has 0 aliphatic rings. The number of rotatable bonds is 3. The molecule has 0 fully saturated rings. The third kappa shape index (κ3) is 3.73. The van der Waals surface area contributed by atoms with Crippen LogP contribution in [0.25, 0.3) is 0 Å². The second kappa shape index (κ2) is 6.41. The first-order valence-corrected chi connectivity index (χ1v) is 6.46. The van der Waals surface area contributed by atoms with Gasteiger partial charge in [-0.1, -0.05) is 29.3 Å². The molecule has 0 saturated carbocycles. The van der Waals surface area contributed by atoms with Gasteiger partial charge in [-0.05, 0) is 36.4 Å². The van der Waals surface area contributed by atoms with Gasteiger partial charge in [0.1, 0.15) is 0 Å². The third-order valence-corrected chi connectivity index (χ3v) is 3.07. The van der Waals surface area contributed by atoms with Crippen molar-refractivity contribution in [2.75, 3.05) is 5.73 Å². The summed E-state index contributed by atoms with van der Waals surface area (Å²) in [5, 5.41) is 4.85. The second-order valence-corrected chi connectivity index (χ2v) is 4.83. The van der Waals surface area contributed by atoms with E-state index < -0.39 is 0 Å². The summed E-state index contributed by atoms with van der Waals surface area (Å²) in [6.45, 7) is 0. The van der Waals surface area contributed by atoms with Gasteiger partial charge in [0.25, 0.3) is 5.91 Å². The van der Waals surface area contributed by atoms with Gasteiger partial charge in [-0.25, -0.2) is 5.43 Å². The van der Waals surface area contributed by atoms with E-state index in [9.17, 15) is 4.79 Å². The maximum atomic E-state index is 11.8. The molecule has 0 radical (unpaired) electrons. The van der Waals surface area contributed by atoms with E-state index in [4.69, 9.17) is 28.9 Å². The molecular weight excluding hydrogens is 297 g/mol. The van der Waals surface area contributed by atoms with Gasteiger partial charge in [-0.2, -0.15) is 5.10 Å². The lowest BCUT2D eigenvalue weighted by atomic mass is 10.2. The molecule has 6 heteroatoms. The Kier molecular flexibility index (Phi) is 4.61. The third-order valence-electron chi connectivity index (χ3n) is 2.51. The Morgan fingerprint density at radius 2 is 1.85 bits per heavy atom. The van der Waals surface area contributed by atoms with Crippen LogP contribution in [-0.2, 0) is 0 Å². The van der Waals surface area contributed by atoms with Crippen LogP contribution in [0.4, 0.5) is 5.69 Å². The number of nitrogens with zero attached hydrogens (tertiary/aromatic N) is 1. The number of hydrogen-bond donors (Lipinski definition) is 2. The van der Waals surface area contributed by atoms with Crippen LogP contribution in [0, 0.1) is 0 Å². The van der Waals surface area contributed by atoms with Crippen molar-refractivity contribution >= 4 is 41.0 Å². The molecule has 0 unspecified atom stereocenters. The molecule has 0 bridgehead atoms. The molecular formula is C14H11Cl2N3O. The fourth-order valence-corrected chi connectivity index (χ4v) is 1.92. The van der Waals surface area contributed by atoms with Gasteiger partial charge in [0.05, 0.1) is 11.2 Å². The summed E-state index contributed by atoms with van der Waals surface area (Å²) < 4.78 is 0. The minimum Gasteiger partial charge on any atom is -0.399 e. The first-order chi connectivity index (χ1) is 9.56. The van der Waals surface area contributed by atoms with Crippen molar-refractivity contribution in [3.05, 3.63) is 63.6 Å². The van der Waals surface area contributed by atoms with Crippen LogP contribution >= 0.6 is 23.2 Å². The second-order valence-electron chi connectivity index (χ2n) is 3.99. The van der Waals surface area contributed by atoms with Crippen LogP contribution in [0.2, 0.25) is 10.0 Å². The van der Waals surface area contributed by atoms with Crippen LogP contribution in [0.1, 0.15) is 15.9 Å². The molecule has 0 atom stereocenters. The zero-order valence-electron chi connectivity index (χ0n) is 10.3. The highest BCUT2D eigenvalue weighted by molar-refractivity contribution is 6.36. The molecule has 1 amide bonds. The maximum absolute atomic E-state index is 11.8. The molecule has 0 spiro atoms. The lowest BCUT2D eigenvalue weighted by Crippen LogP contribution is -2.17. The highest BCUT2D eigenvalue weighted by Crippen LogP contribution is 2.19. The van der Waals surface area contributed by atoms with Gasteiger partial charge in [0, 0.05) is 21.8 Å². The average Bonchev–Trinajstić information content (AvgIpc) is 2.42. The molecule has 0 aromatic heterocycles. The zero-order valence-corrected chi connectivity index (χ0v) is 11.8. The van der Waals surface area contributed by atoms with Crippen molar-refractivity contribution in [3.63, 3.8) is 0 Å². The minimum atomic E-state index is -0.327. The molecule has 4 nitrogen and oxygen atoms in total. The smallest absolute Gasteiger partial charge is 0.271 e. The maximum Gasteiger partial charge on any atom is 0.271 e. The summed E-state index contributed by atoms with van der Waals surface area (Å²) in [4.78, 5) is 11.8. The Labute approximate surface area is 126 Å². The topological polar surface area (TPSA) is 67.5 Å². The largest absolute Gasteiger partial charge is 0.399 e. The summed E-state index contributed by atoms with van der Waals surface area (Å²) in [6.07, 6.45) is 1.45. The summed E-state index contributed by atoms with van der Waals surface area (Å²) >= 11 is 11.8. The van der Waals surface area contributed by atoms with E-state index in [1.54, 1.807) is 42.5 Å². The van der Waals surface area contributed by atoms with E-state index >= 15 is 0 Å². The number of halogens is 2. The summed E-state index contributed by atoms with van der Waals surface area (Å²) in [5.74, 6) is -0.327. The van der Waals surface area contributed by atoms with Crippen molar-refractivity contribution in [2.45, 2.75) is 0 Å². The number of nitrogens with two attached hydrogens (primary N) is 1. The van der Waals surface area contributed by atoms with Gasteiger partial charge in [0.2, 0.25) is 0 Å². The number of anilines is 1. The van der Waals surface area contributed by atoms with Crippen molar-refractivity contribution in [1.29, 1.82) is 0 Å². The quantitative estimate of drug-likeness (QED) is 0.519. The predicted molar refractivity (Wildman–Crippen MR) is 82.4 cm³/mol. The number of benzene rings is 2. The Morgan fingerprint density at radius 3 is 2.50 bits per heavy atom. The number of nitrogen functional groups attached to an aromatic ring is 1. The fraction of sp³-hybridized carbons (Fsp3) is 0. The highest BCUT2D eigenvalue weighted by atomic mass is 35.5.